The minimum Gasteiger partial charge on any atom is -0.465 e. The van der Waals surface area contributed by atoms with Crippen LogP contribution >= 0.6 is 11.3 Å². The van der Waals surface area contributed by atoms with Crippen LogP contribution < -0.4 is 5.32 Å². The van der Waals surface area contributed by atoms with Gasteiger partial charge in [0.1, 0.15) is 15.8 Å². The molecule has 0 aliphatic carbocycles. The van der Waals surface area contributed by atoms with Crippen LogP contribution in [0.25, 0.3) is 0 Å². The van der Waals surface area contributed by atoms with Gasteiger partial charge in [0.15, 0.2) is 0 Å². The van der Waals surface area contributed by atoms with E-state index in [1.165, 1.54) is 25.5 Å². The number of rotatable bonds is 7. The SMILES string of the molecule is CCN(C(C)C(=O)Nc1ccc(C)cc1)S(=O)(=O)c1ccsc1C(=O)OC. The second-order valence-corrected chi connectivity index (χ2v) is 8.62. The van der Waals surface area contributed by atoms with Crippen molar-refractivity contribution < 1.29 is 22.7 Å². The van der Waals surface area contributed by atoms with Crippen LogP contribution in [0.15, 0.2) is 40.6 Å². The third kappa shape index (κ3) is 4.55. The zero-order valence-electron chi connectivity index (χ0n) is 15.6. The quantitative estimate of drug-likeness (QED) is 0.709. The molecule has 0 saturated heterocycles. The number of benzene rings is 1. The third-order valence-corrected chi connectivity index (χ3v) is 7.14. The number of amides is 1. The van der Waals surface area contributed by atoms with E-state index < -0.39 is 27.9 Å². The van der Waals surface area contributed by atoms with Gasteiger partial charge in [-0.2, -0.15) is 4.31 Å². The largest absolute Gasteiger partial charge is 0.465 e. The number of aryl methyl sites for hydroxylation is 1. The monoisotopic (exact) mass is 410 g/mol. The number of hydrogen-bond acceptors (Lipinski definition) is 6. The first-order valence-electron chi connectivity index (χ1n) is 8.27. The maximum Gasteiger partial charge on any atom is 0.349 e. The molecule has 1 aromatic carbocycles. The number of hydrogen-bond donors (Lipinski definition) is 1. The first-order chi connectivity index (χ1) is 12.7. The summed E-state index contributed by atoms with van der Waals surface area (Å²) in [6.45, 7) is 5.15. The van der Waals surface area contributed by atoms with E-state index in [4.69, 9.17) is 0 Å². The van der Waals surface area contributed by atoms with Crippen molar-refractivity contribution >= 4 is 38.9 Å². The number of sulfonamides is 1. The van der Waals surface area contributed by atoms with E-state index in [1.54, 1.807) is 19.1 Å². The molecule has 7 nitrogen and oxygen atoms in total. The molecule has 27 heavy (non-hydrogen) atoms. The van der Waals surface area contributed by atoms with Crippen molar-refractivity contribution in [3.63, 3.8) is 0 Å². The lowest BCUT2D eigenvalue weighted by Crippen LogP contribution is -2.45. The van der Waals surface area contributed by atoms with Gasteiger partial charge in [0, 0.05) is 12.2 Å². The van der Waals surface area contributed by atoms with Crippen LogP contribution in [-0.4, -0.2) is 44.3 Å². The molecule has 1 amide bonds. The van der Waals surface area contributed by atoms with Crippen LogP contribution in [0, 0.1) is 6.92 Å². The fourth-order valence-corrected chi connectivity index (χ4v) is 5.45. The molecule has 1 unspecified atom stereocenters. The summed E-state index contributed by atoms with van der Waals surface area (Å²) < 4.78 is 31.8. The molecular weight excluding hydrogens is 388 g/mol. The molecule has 2 aromatic rings. The topological polar surface area (TPSA) is 92.8 Å². The summed E-state index contributed by atoms with van der Waals surface area (Å²) in [6, 6.07) is 7.58. The number of thiophene rings is 1. The van der Waals surface area contributed by atoms with Crippen LogP contribution in [0.3, 0.4) is 0 Å². The van der Waals surface area contributed by atoms with Crippen LogP contribution in [0.4, 0.5) is 5.69 Å². The molecule has 0 saturated carbocycles. The molecule has 1 N–H and O–H groups in total. The first-order valence-corrected chi connectivity index (χ1v) is 10.6. The van der Waals surface area contributed by atoms with Crippen LogP contribution in [0.5, 0.6) is 0 Å². The van der Waals surface area contributed by atoms with E-state index in [1.807, 2.05) is 19.1 Å². The van der Waals surface area contributed by atoms with Crippen molar-refractivity contribution in [1.29, 1.82) is 0 Å². The van der Waals surface area contributed by atoms with Gasteiger partial charge in [-0.15, -0.1) is 11.3 Å². The van der Waals surface area contributed by atoms with Gasteiger partial charge < -0.3 is 10.1 Å². The minimum atomic E-state index is -4.05. The summed E-state index contributed by atoms with van der Waals surface area (Å²) in [5, 5.41) is 4.22. The number of carbonyl (C=O) groups excluding carboxylic acids is 2. The number of likely N-dealkylation sites (N-methyl/N-ethyl adjacent to an activating group) is 1. The van der Waals surface area contributed by atoms with Gasteiger partial charge in [-0.3, -0.25) is 4.79 Å². The Balaban J connectivity index is 2.28. The highest BCUT2D eigenvalue weighted by Gasteiger charge is 2.35. The summed E-state index contributed by atoms with van der Waals surface area (Å²) in [5.41, 5.74) is 1.63. The van der Waals surface area contributed by atoms with E-state index in [9.17, 15) is 18.0 Å². The van der Waals surface area contributed by atoms with E-state index in [-0.39, 0.29) is 16.3 Å². The Hall–Kier alpha value is -2.23. The van der Waals surface area contributed by atoms with Gasteiger partial charge in [-0.25, -0.2) is 13.2 Å². The van der Waals surface area contributed by atoms with Gasteiger partial charge in [0.05, 0.1) is 7.11 Å². The molecule has 0 aliphatic heterocycles. The van der Waals surface area contributed by atoms with Gasteiger partial charge in [-0.1, -0.05) is 24.6 Å². The van der Waals surface area contributed by atoms with Crippen molar-refractivity contribution in [2.45, 2.75) is 31.7 Å². The van der Waals surface area contributed by atoms with Gasteiger partial charge in [0.2, 0.25) is 15.9 Å². The van der Waals surface area contributed by atoms with Crippen molar-refractivity contribution in [2.24, 2.45) is 0 Å². The lowest BCUT2D eigenvalue weighted by Gasteiger charge is -2.26. The molecular formula is C18H22N2O5S2. The molecule has 2 rings (SSSR count). The molecule has 9 heteroatoms. The summed E-state index contributed by atoms with van der Waals surface area (Å²) in [7, 11) is -2.87. The summed E-state index contributed by atoms with van der Waals surface area (Å²) in [6.07, 6.45) is 0. The molecule has 0 fully saturated rings. The lowest BCUT2D eigenvalue weighted by molar-refractivity contribution is -0.119. The normalized spacial score (nSPS) is 12.6. The molecule has 0 radical (unpaired) electrons. The van der Waals surface area contributed by atoms with Gasteiger partial charge in [0.25, 0.3) is 0 Å². The average molecular weight is 411 g/mol. The van der Waals surface area contributed by atoms with Crippen LogP contribution in [-0.2, 0) is 19.6 Å². The highest BCUT2D eigenvalue weighted by atomic mass is 32.2. The maximum atomic E-state index is 13.1. The van der Waals surface area contributed by atoms with Crippen LogP contribution in [0.1, 0.15) is 29.1 Å². The second-order valence-electron chi connectivity index (χ2n) is 5.85. The highest BCUT2D eigenvalue weighted by Crippen LogP contribution is 2.27. The molecule has 1 heterocycles. The number of esters is 1. The fraction of sp³-hybridized carbons (Fsp3) is 0.333. The minimum absolute atomic E-state index is 0.0120. The van der Waals surface area contributed by atoms with Crippen LogP contribution in [0.2, 0.25) is 0 Å². The molecule has 1 atom stereocenters. The number of ether oxygens (including phenoxy) is 1. The van der Waals surface area contributed by atoms with Crippen molar-refractivity contribution in [1.82, 2.24) is 4.31 Å². The molecule has 1 aromatic heterocycles. The number of methoxy groups -OCH3 is 1. The fourth-order valence-electron chi connectivity index (χ4n) is 2.53. The second kappa shape index (κ2) is 8.64. The van der Waals surface area contributed by atoms with Crippen molar-refractivity contribution in [3.8, 4) is 0 Å². The van der Waals surface area contributed by atoms with Gasteiger partial charge >= 0.3 is 5.97 Å². The molecule has 0 spiro atoms. The average Bonchev–Trinajstić information content (AvgIpc) is 3.14. The number of carbonyl (C=O) groups is 2. The van der Waals surface area contributed by atoms with E-state index in [2.05, 4.69) is 10.1 Å². The Bertz CT molecular complexity index is 919. The third-order valence-electron chi connectivity index (χ3n) is 4.03. The van der Waals surface area contributed by atoms with Gasteiger partial charge in [-0.05, 0) is 37.4 Å². The summed E-state index contributed by atoms with van der Waals surface area (Å²) >= 11 is 0.980. The Labute approximate surface area is 163 Å². The Kier molecular flexibility index (Phi) is 6.74. The highest BCUT2D eigenvalue weighted by molar-refractivity contribution is 7.89. The predicted octanol–water partition coefficient (Wildman–Crippen LogP) is 2.88. The molecule has 146 valence electrons. The summed E-state index contributed by atoms with van der Waals surface area (Å²) in [5.74, 6) is -1.18. The Morgan fingerprint density at radius 3 is 2.41 bits per heavy atom. The Morgan fingerprint density at radius 1 is 1.22 bits per heavy atom. The molecule has 0 aliphatic rings. The number of anilines is 1. The zero-order chi connectivity index (χ0) is 20.2. The number of nitrogens with zero attached hydrogens (tertiary/aromatic N) is 1. The lowest BCUT2D eigenvalue weighted by atomic mass is 10.2. The maximum absolute atomic E-state index is 13.1. The van der Waals surface area contributed by atoms with E-state index in [0.717, 1.165) is 21.2 Å². The van der Waals surface area contributed by atoms with E-state index >= 15 is 0 Å². The Morgan fingerprint density at radius 2 is 1.85 bits per heavy atom. The number of nitrogens with one attached hydrogen (secondary N) is 1. The standard InChI is InChI=1S/C18H22N2O5S2/c1-5-20(13(3)17(21)19-14-8-6-12(2)7-9-14)27(23,24)15-10-11-26-16(15)18(22)25-4/h6-11,13H,5H2,1-4H3,(H,19,21). The summed E-state index contributed by atoms with van der Waals surface area (Å²) in [4.78, 5) is 24.3. The molecule has 0 bridgehead atoms. The zero-order valence-corrected chi connectivity index (χ0v) is 17.2. The van der Waals surface area contributed by atoms with E-state index in [0.29, 0.717) is 5.69 Å². The smallest absolute Gasteiger partial charge is 0.349 e. The first kappa shape index (κ1) is 21.1. The van der Waals surface area contributed by atoms with Crippen molar-refractivity contribution in [2.75, 3.05) is 19.0 Å². The predicted molar refractivity (Wildman–Crippen MR) is 104 cm³/mol. The van der Waals surface area contributed by atoms with Crippen molar-refractivity contribution in [3.05, 3.63) is 46.2 Å².